The molecule has 1 atom stereocenters. The second-order valence-electron chi connectivity index (χ2n) is 4.88. The molecular weight excluding hydrogens is 270 g/mol. The highest BCUT2D eigenvalue weighted by molar-refractivity contribution is 5.91. The average molecular weight is 283 g/mol. The molecule has 1 unspecified atom stereocenters. The first-order chi connectivity index (χ1) is 10.0. The lowest BCUT2D eigenvalue weighted by Gasteiger charge is -2.09. The van der Waals surface area contributed by atoms with Crippen LogP contribution in [0.25, 0.3) is 0 Å². The van der Waals surface area contributed by atoms with Crippen molar-refractivity contribution < 1.29 is 19.4 Å². The molecular formula is C16H13NO4. The quantitative estimate of drug-likeness (QED) is 0.655. The Kier molecular flexibility index (Phi) is 3.10. The van der Waals surface area contributed by atoms with Crippen LogP contribution in [-0.4, -0.2) is 17.0 Å². The highest BCUT2D eigenvalue weighted by atomic mass is 16.5. The van der Waals surface area contributed by atoms with Crippen molar-refractivity contribution in [3.05, 3.63) is 53.6 Å². The molecule has 0 fully saturated rings. The van der Waals surface area contributed by atoms with Gasteiger partial charge in [0.15, 0.2) is 0 Å². The number of ether oxygens (including phenoxy) is 1. The Bertz CT molecular complexity index is 722. The maximum atomic E-state index is 12.0. The zero-order valence-corrected chi connectivity index (χ0v) is 11.3. The van der Waals surface area contributed by atoms with E-state index in [1.54, 1.807) is 30.3 Å². The fraction of sp³-hybridized carbons (Fsp3) is 0.125. The minimum atomic E-state index is -0.557. The summed E-state index contributed by atoms with van der Waals surface area (Å²) in [6, 6.07) is 11.6. The molecule has 1 aliphatic rings. The van der Waals surface area contributed by atoms with Crippen molar-refractivity contribution in [2.75, 3.05) is 5.32 Å². The van der Waals surface area contributed by atoms with Crippen LogP contribution in [0, 0.1) is 0 Å². The average Bonchev–Trinajstić information content (AvgIpc) is 2.74. The van der Waals surface area contributed by atoms with Gasteiger partial charge >= 0.3 is 5.97 Å². The third kappa shape index (κ3) is 2.45. The summed E-state index contributed by atoms with van der Waals surface area (Å²) in [5.41, 5.74) is 2.06. The van der Waals surface area contributed by atoms with Crippen LogP contribution in [-0.2, 0) is 9.59 Å². The molecule has 5 heteroatoms. The Morgan fingerprint density at radius 3 is 2.57 bits per heavy atom. The minimum Gasteiger partial charge on any atom is -0.508 e. The first-order valence-corrected chi connectivity index (χ1v) is 6.47. The first-order valence-electron chi connectivity index (χ1n) is 6.47. The van der Waals surface area contributed by atoms with Crippen LogP contribution in [0.1, 0.15) is 24.0 Å². The van der Waals surface area contributed by atoms with Crippen molar-refractivity contribution in [2.45, 2.75) is 12.8 Å². The van der Waals surface area contributed by atoms with E-state index in [-0.39, 0.29) is 17.6 Å². The van der Waals surface area contributed by atoms with E-state index in [9.17, 15) is 14.7 Å². The van der Waals surface area contributed by atoms with Gasteiger partial charge in [0, 0.05) is 18.2 Å². The number of carbonyl (C=O) groups is 2. The second kappa shape index (κ2) is 4.94. The zero-order chi connectivity index (χ0) is 15.0. The predicted molar refractivity (Wildman–Crippen MR) is 76.3 cm³/mol. The molecule has 5 nitrogen and oxygen atoms in total. The van der Waals surface area contributed by atoms with Gasteiger partial charge in [-0.25, -0.2) is 0 Å². The Labute approximate surface area is 121 Å². The van der Waals surface area contributed by atoms with Gasteiger partial charge in [-0.1, -0.05) is 12.1 Å². The van der Waals surface area contributed by atoms with Crippen molar-refractivity contribution in [1.82, 2.24) is 0 Å². The molecule has 2 aromatic carbocycles. The number of rotatable bonds is 2. The second-order valence-corrected chi connectivity index (χ2v) is 4.88. The summed E-state index contributed by atoms with van der Waals surface area (Å²) in [5.74, 6) is -0.527. The Hall–Kier alpha value is -2.82. The number of hydrogen-bond acceptors (Lipinski definition) is 4. The van der Waals surface area contributed by atoms with Gasteiger partial charge in [0.25, 0.3) is 0 Å². The smallest absolute Gasteiger partial charge is 0.323 e. The molecule has 1 aliphatic heterocycles. The third-order valence-corrected chi connectivity index (χ3v) is 3.32. The van der Waals surface area contributed by atoms with Crippen LogP contribution in [0.3, 0.4) is 0 Å². The summed E-state index contributed by atoms with van der Waals surface area (Å²) in [6.45, 7) is 1.43. The Balaban J connectivity index is 1.96. The van der Waals surface area contributed by atoms with Crippen LogP contribution >= 0.6 is 0 Å². The summed E-state index contributed by atoms with van der Waals surface area (Å²) in [5, 5.41) is 12.2. The Morgan fingerprint density at radius 1 is 1.19 bits per heavy atom. The predicted octanol–water partition coefficient (Wildman–Crippen LogP) is 2.40. The molecule has 106 valence electrons. The molecule has 1 heterocycles. The molecule has 3 rings (SSSR count). The topological polar surface area (TPSA) is 75.6 Å². The van der Waals surface area contributed by atoms with E-state index >= 15 is 0 Å². The number of fused-ring (bicyclic) bond motifs is 1. The molecule has 0 saturated heterocycles. The normalized spacial score (nSPS) is 16.2. The summed E-state index contributed by atoms with van der Waals surface area (Å²) in [7, 11) is 0. The third-order valence-electron chi connectivity index (χ3n) is 3.32. The Morgan fingerprint density at radius 2 is 1.90 bits per heavy atom. The summed E-state index contributed by atoms with van der Waals surface area (Å²) < 4.78 is 5.20. The zero-order valence-electron chi connectivity index (χ0n) is 11.3. The lowest BCUT2D eigenvalue weighted by molar-refractivity contribution is -0.133. The van der Waals surface area contributed by atoms with Crippen LogP contribution in [0.2, 0.25) is 0 Å². The number of benzene rings is 2. The fourth-order valence-corrected chi connectivity index (χ4v) is 2.43. The van der Waals surface area contributed by atoms with Gasteiger partial charge < -0.3 is 15.2 Å². The molecule has 0 aliphatic carbocycles. The first kappa shape index (κ1) is 13.2. The molecule has 0 radical (unpaired) electrons. The number of phenols is 1. The van der Waals surface area contributed by atoms with E-state index in [0.29, 0.717) is 17.0 Å². The van der Waals surface area contributed by atoms with E-state index in [2.05, 4.69) is 5.32 Å². The van der Waals surface area contributed by atoms with E-state index in [1.807, 2.05) is 0 Å². The SMILES string of the molecule is CC(=O)Nc1ccc(C2C(=O)Oc3ccc(O)cc32)cc1. The van der Waals surface area contributed by atoms with Gasteiger partial charge in [-0.15, -0.1) is 0 Å². The van der Waals surface area contributed by atoms with Gasteiger partial charge in [-0.05, 0) is 35.9 Å². The van der Waals surface area contributed by atoms with Crippen molar-refractivity contribution >= 4 is 17.6 Å². The summed E-state index contributed by atoms with van der Waals surface area (Å²) >= 11 is 0. The van der Waals surface area contributed by atoms with Gasteiger partial charge in [-0.3, -0.25) is 9.59 Å². The van der Waals surface area contributed by atoms with Crippen LogP contribution < -0.4 is 10.1 Å². The van der Waals surface area contributed by atoms with Gasteiger partial charge in [0.2, 0.25) is 5.91 Å². The molecule has 2 N–H and O–H groups in total. The molecule has 0 aromatic heterocycles. The number of anilines is 1. The maximum Gasteiger partial charge on any atom is 0.323 e. The molecule has 2 aromatic rings. The number of amides is 1. The van der Waals surface area contributed by atoms with E-state index in [0.717, 1.165) is 5.56 Å². The summed E-state index contributed by atoms with van der Waals surface area (Å²) in [6.07, 6.45) is 0. The van der Waals surface area contributed by atoms with Crippen molar-refractivity contribution in [3.63, 3.8) is 0 Å². The largest absolute Gasteiger partial charge is 0.508 e. The fourth-order valence-electron chi connectivity index (χ4n) is 2.43. The number of phenolic OH excluding ortho intramolecular Hbond substituents is 1. The van der Waals surface area contributed by atoms with Crippen molar-refractivity contribution in [1.29, 1.82) is 0 Å². The van der Waals surface area contributed by atoms with Crippen LogP contribution in [0.5, 0.6) is 11.5 Å². The molecule has 1 amide bonds. The van der Waals surface area contributed by atoms with E-state index in [4.69, 9.17) is 4.74 Å². The van der Waals surface area contributed by atoms with Crippen LogP contribution in [0.15, 0.2) is 42.5 Å². The van der Waals surface area contributed by atoms with Crippen molar-refractivity contribution in [3.8, 4) is 11.5 Å². The van der Waals surface area contributed by atoms with Crippen molar-refractivity contribution in [2.24, 2.45) is 0 Å². The number of hydrogen-bond donors (Lipinski definition) is 2. The van der Waals surface area contributed by atoms with Crippen LogP contribution in [0.4, 0.5) is 5.69 Å². The number of carbonyl (C=O) groups excluding carboxylic acids is 2. The lowest BCUT2D eigenvalue weighted by atomic mass is 9.92. The van der Waals surface area contributed by atoms with Gasteiger partial charge in [0.05, 0.1) is 0 Å². The monoisotopic (exact) mass is 283 g/mol. The molecule has 21 heavy (non-hydrogen) atoms. The minimum absolute atomic E-state index is 0.0897. The van der Waals surface area contributed by atoms with Gasteiger partial charge in [-0.2, -0.15) is 0 Å². The molecule has 0 bridgehead atoms. The maximum absolute atomic E-state index is 12.0. The van der Waals surface area contributed by atoms with Gasteiger partial charge in [0.1, 0.15) is 17.4 Å². The number of esters is 1. The van der Waals surface area contributed by atoms with E-state index in [1.165, 1.54) is 19.1 Å². The molecule has 0 saturated carbocycles. The number of aromatic hydroxyl groups is 1. The summed E-state index contributed by atoms with van der Waals surface area (Å²) in [4.78, 5) is 23.0. The highest BCUT2D eigenvalue weighted by Crippen LogP contribution is 2.40. The lowest BCUT2D eigenvalue weighted by Crippen LogP contribution is -2.12. The standard InChI is InChI=1S/C16H13NO4/c1-9(18)17-11-4-2-10(3-5-11)15-13-8-12(19)6-7-14(13)21-16(15)20/h2-8,15,19H,1H3,(H,17,18). The van der Waals surface area contributed by atoms with E-state index < -0.39 is 5.92 Å². The number of nitrogens with one attached hydrogen (secondary N) is 1. The highest BCUT2D eigenvalue weighted by Gasteiger charge is 2.34. The molecule has 0 spiro atoms.